The topological polar surface area (TPSA) is 55.1 Å². The number of aromatic nitrogens is 3. The molecule has 2 aromatic rings. The number of hydrogen-bond acceptors (Lipinski definition) is 2. The Labute approximate surface area is 143 Å². The van der Waals surface area contributed by atoms with Gasteiger partial charge in [-0.05, 0) is 45.7 Å². The summed E-state index contributed by atoms with van der Waals surface area (Å²) in [6.07, 6.45) is 5.73. The maximum atomic E-state index is 12.4. The van der Waals surface area contributed by atoms with Gasteiger partial charge in [0.1, 0.15) is 5.82 Å². The van der Waals surface area contributed by atoms with Crippen LogP contribution in [0.1, 0.15) is 43.0 Å². The summed E-state index contributed by atoms with van der Waals surface area (Å²) < 4.78 is 4.46. The molecule has 0 aromatic carbocycles. The van der Waals surface area contributed by atoms with Crippen molar-refractivity contribution >= 4 is 6.03 Å². The van der Waals surface area contributed by atoms with Crippen molar-refractivity contribution in [3.63, 3.8) is 0 Å². The van der Waals surface area contributed by atoms with E-state index in [2.05, 4.69) is 47.8 Å². The number of piperidine rings is 1. The molecule has 2 aromatic heterocycles. The van der Waals surface area contributed by atoms with Crippen molar-refractivity contribution in [2.75, 3.05) is 13.1 Å². The molecule has 1 aliphatic rings. The second kappa shape index (κ2) is 7.11. The molecule has 1 N–H and O–H groups in total. The number of nitrogens with zero attached hydrogens (tertiary/aromatic N) is 4. The quantitative estimate of drug-likeness (QED) is 0.938. The number of aryl methyl sites for hydroxylation is 3. The SMILES string of the molecule is CCn1ccnc1CNC(=O)N1CCC(n2c(C)ccc2C)CC1. The van der Waals surface area contributed by atoms with E-state index >= 15 is 0 Å². The maximum absolute atomic E-state index is 12.4. The van der Waals surface area contributed by atoms with Crippen LogP contribution in [0, 0.1) is 13.8 Å². The van der Waals surface area contributed by atoms with Crippen LogP contribution in [0.3, 0.4) is 0 Å². The van der Waals surface area contributed by atoms with E-state index in [4.69, 9.17) is 0 Å². The summed E-state index contributed by atoms with van der Waals surface area (Å²) in [6, 6.07) is 4.86. The predicted molar refractivity (Wildman–Crippen MR) is 93.9 cm³/mol. The highest BCUT2D eigenvalue weighted by Gasteiger charge is 2.25. The smallest absolute Gasteiger partial charge is 0.317 e. The number of carbonyl (C=O) groups excluding carboxylic acids is 1. The molecule has 6 heteroatoms. The Hall–Kier alpha value is -2.24. The summed E-state index contributed by atoms with van der Waals surface area (Å²) in [5.74, 6) is 0.902. The number of nitrogens with one attached hydrogen (secondary N) is 1. The van der Waals surface area contributed by atoms with Crippen molar-refractivity contribution in [2.45, 2.75) is 52.7 Å². The summed E-state index contributed by atoms with van der Waals surface area (Å²) in [5, 5.41) is 3.00. The number of hydrogen-bond donors (Lipinski definition) is 1. The minimum atomic E-state index is 0.0139. The molecular weight excluding hydrogens is 302 g/mol. The van der Waals surface area contributed by atoms with Gasteiger partial charge >= 0.3 is 6.03 Å². The van der Waals surface area contributed by atoms with Crippen LogP contribution in [0.5, 0.6) is 0 Å². The minimum absolute atomic E-state index is 0.0139. The van der Waals surface area contributed by atoms with Gasteiger partial charge in [0.2, 0.25) is 0 Å². The van der Waals surface area contributed by atoms with Gasteiger partial charge in [-0.25, -0.2) is 9.78 Å². The molecule has 1 fully saturated rings. The summed E-state index contributed by atoms with van der Waals surface area (Å²) >= 11 is 0. The number of imidazole rings is 1. The first-order valence-corrected chi connectivity index (χ1v) is 8.77. The second-order valence-corrected chi connectivity index (χ2v) is 6.49. The van der Waals surface area contributed by atoms with E-state index in [0.29, 0.717) is 12.6 Å². The lowest BCUT2D eigenvalue weighted by Crippen LogP contribution is -2.44. The van der Waals surface area contributed by atoms with Crippen molar-refractivity contribution in [1.29, 1.82) is 0 Å². The van der Waals surface area contributed by atoms with Crippen LogP contribution in [-0.4, -0.2) is 38.1 Å². The average molecular weight is 329 g/mol. The molecule has 0 aliphatic carbocycles. The van der Waals surface area contributed by atoms with E-state index in [1.807, 2.05) is 15.7 Å². The Morgan fingerprint density at radius 2 is 1.92 bits per heavy atom. The third-order valence-electron chi connectivity index (χ3n) is 4.98. The molecule has 0 radical (unpaired) electrons. The molecule has 0 atom stereocenters. The first kappa shape index (κ1) is 16.6. The monoisotopic (exact) mass is 329 g/mol. The minimum Gasteiger partial charge on any atom is -0.346 e. The summed E-state index contributed by atoms with van der Waals surface area (Å²) in [5.41, 5.74) is 2.61. The van der Waals surface area contributed by atoms with Gasteiger partial charge in [-0.15, -0.1) is 0 Å². The van der Waals surface area contributed by atoms with E-state index < -0.39 is 0 Å². The zero-order valence-electron chi connectivity index (χ0n) is 14.8. The van der Waals surface area contributed by atoms with Gasteiger partial charge in [-0.2, -0.15) is 0 Å². The molecule has 0 bridgehead atoms. The van der Waals surface area contributed by atoms with Crippen LogP contribution in [0.2, 0.25) is 0 Å². The predicted octanol–water partition coefficient (Wildman–Crippen LogP) is 2.87. The van der Waals surface area contributed by atoms with Gasteiger partial charge in [0.15, 0.2) is 0 Å². The van der Waals surface area contributed by atoms with Crippen molar-refractivity contribution in [1.82, 2.24) is 24.3 Å². The lowest BCUT2D eigenvalue weighted by atomic mass is 10.0. The molecule has 0 saturated carbocycles. The average Bonchev–Trinajstić information content (AvgIpc) is 3.19. The van der Waals surface area contributed by atoms with Gasteiger partial charge in [0.25, 0.3) is 0 Å². The van der Waals surface area contributed by atoms with E-state index in [1.165, 1.54) is 11.4 Å². The highest BCUT2D eigenvalue weighted by molar-refractivity contribution is 5.74. The largest absolute Gasteiger partial charge is 0.346 e. The Bertz CT molecular complexity index is 675. The summed E-state index contributed by atoms with van der Waals surface area (Å²) in [6.45, 7) is 9.33. The molecule has 3 rings (SSSR count). The fourth-order valence-electron chi connectivity index (χ4n) is 3.64. The lowest BCUT2D eigenvalue weighted by Gasteiger charge is -2.34. The molecule has 24 heavy (non-hydrogen) atoms. The Morgan fingerprint density at radius 1 is 1.25 bits per heavy atom. The molecule has 6 nitrogen and oxygen atoms in total. The first-order chi connectivity index (χ1) is 11.6. The van der Waals surface area contributed by atoms with Gasteiger partial charge < -0.3 is 19.4 Å². The Kier molecular flexibility index (Phi) is 4.92. The number of likely N-dealkylation sites (tertiary alicyclic amines) is 1. The van der Waals surface area contributed by atoms with E-state index in [-0.39, 0.29) is 6.03 Å². The molecule has 2 amide bonds. The van der Waals surface area contributed by atoms with Crippen LogP contribution in [0.15, 0.2) is 24.5 Å². The number of urea groups is 1. The van der Waals surface area contributed by atoms with Gasteiger partial charge in [-0.3, -0.25) is 0 Å². The zero-order valence-corrected chi connectivity index (χ0v) is 14.8. The van der Waals surface area contributed by atoms with Crippen molar-refractivity contribution in [3.8, 4) is 0 Å². The van der Waals surface area contributed by atoms with Gasteiger partial charge in [0.05, 0.1) is 6.54 Å². The van der Waals surface area contributed by atoms with Gasteiger partial charge in [0, 0.05) is 49.5 Å². The highest BCUT2D eigenvalue weighted by Crippen LogP contribution is 2.26. The van der Waals surface area contributed by atoms with Crippen LogP contribution in [-0.2, 0) is 13.1 Å². The standard InChI is InChI=1S/C18H27N5O/c1-4-21-12-9-19-17(21)13-20-18(24)22-10-7-16(8-11-22)23-14(2)5-6-15(23)3/h5-6,9,12,16H,4,7-8,10-11,13H2,1-3H3,(H,20,24). The number of amides is 2. The Balaban J connectivity index is 1.52. The van der Waals surface area contributed by atoms with Crippen LogP contribution >= 0.6 is 0 Å². The Morgan fingerprint density at radius 3 is 2.54 bits per heavy atom. The molecular formula is C18H27N5O. The molecule has 1 saturated heterocycles. The van der Waals surface area contributed by atoms with E-state index in [1.54, 1.807) is 6.20 Å². The van der Waals surface area contributed by atoms with Crippen molar-refractivity contribution in [3.05, 3.63) is 41.7 Å². The molecule has 130 valence electrons. The first-order valence-electron chi connectivity index (χ1n) is 8.77. The number of carbonyl (C=O) groups is 1. The van der Waals surface area contributed by atoms with Gasteiger partial charge in [-0.1, -0.05) is 0 Å². The molecule has 0 spiro atoms. The van der Waals surface area contributed by atoms with Crippen molar-refractivity contribution in [2.24, 2.45) is 0 Å². The van der Waals surface area contributed by atoms with Crippen LogP contribution in [0.25, 0.3) is 0 Å². The summed E-state index contributed by atoms with van der Waals surface area (Å²) in [4.78, 5) is 18.6. The zero-order chi connectivity index (χ0) is 17.1. The maximum Gasteiger partial charge on any atom is 0.317 e. The summed E-state index contributed by atoms with van der Waals surface area (Å²) in [7, 11) is 0. The van der Waals surface area contributed by atoms with Crippen molar-refractivity contribution < 1.29 is 4.79 Å². The van der Waals surface area contributed by atoms with Crippen LogP contribution in [0.4, 0.5) is 4.79 Å². The van der Waals surface area contributed by atoms with E-state index in [9.17, 15) is 4.79 Å². The highest BCUT2D eigenvalue weighted by atomic mass is 16.2. The number of rotatable bonds is 4. The van der Waals surface area contributed by atoms with E-state index in [0.717, 1.165) is 38.3 Å². The lowest BCUT2D eigenvalue weighted by molar-refractivity contribution is 0.170. The normalized spacial score (nSPS) is 15.7. The molecule has 1 aliphatic heterocycles. The second-order valence-electron chi connectivity index (χ2n) is 6.49. The third-order valence-corrected chi connectivity index (χ3v) is 4.98. The van der Waals surface area contributed by atoms with Crippen LogP contribution < -0.4 is 5.32 Å². The fraction of sp³-hybridized carbons (Fsp3) is 0.556. The third kappa shape index (κ3) is 3.32. The molecule has 0 unspecified atom stereocenters. The molecule has 3 heterocycles. The fourth-order valence-corrected chi connectivity index (χ4v) is 3.64.